The van der Waals surface area contributed by atoms with E-state index in [0.717, 1.165) is 0 Å². The molecule has 7 heteroatoms. The van der Waals surface area contributed by atoms with Crippen molar-refractivity contribution in [2.75, 3.05) is 20.1 Å². The summed E-state index contributed by atoms with van der Waals surface area (Å²) in [7, 11) is -1.82. The molecule has 1 aromatic rings. The zero-order valence-electron chi connectivity index (χ0n) is 10.8. The Hall–Kier alpha value is -1.18. The fraction of sp³-hybridized carbons (Fsp3) is 0.545. The molecule has 18 heavy (non-hydrogen) atoms. The summed E-state index contributed by atoms with van der Waals surface area (Å²) in [5.41, 5.74) is -0.515. The van der Waals surface area contributed by atoms with Gasteiger partial charge in [-0.2, -0.15) is 0 Å². The molecular weight excluding hydrogens is 254 g/mol. The summed E-state index contributed by atoms with van der Waals surface area (Å²) < 4.78 is 26.1. The third-order valence-corrected chi connectivity index (χ3v) is 4.20. The molecule has 6 nitrogen and oxygen atoms in total. The number of sulfonamides is 1. The van der Waals surface area contributed by atoms with Crippen LogP contribution in [-0.4, -0.2) is 44.5 Å². The lowest BCUT2D eigenvalue weighted by molar-refractivity contribution is 0.278. The SMILES string of the molecule is CC(C)N(C)CCNS(=O)(=O)c1c[nH]ccc1=O. The molecular formula is C11H19N3O3S. The highest BCUT2D eigenvalue weighted by Gasteiger charge is 2.17. The molecule has 0 saturated carbocycles. The van der Waals surface area contributed by atoms with Crippen LogP contribution < -0.4 is 10.2 Å². The predicted molar refractivity (Wildman–Crippen MR) is 70.0 cm³/mol. The van der Waals surface area contributed by atoms with Crippen molar-refractivity contribution >= 4 is 10.0 Å². The second-order valence-electron chi connectivity index (χ2n) is 4.34. The maximum absolute atomic E-state index is 11.9. The highest BCUT2D eigenvalue weighted by molar-refractivity contribution is 7.89. The number of H-pyrrole nitrogens is 1. The summed E-state index contributed by atoms with van der Waals surface area (Å²) in [6.07, 6.45) is 2.59. The number of pyridine rings is 1. The molecule has 0 fully saturated rings. The summed E-state index contributed by atoms with van der Waals surface area (Å²) in [6.45, 7) is 4.90. The highest BCUT2D eigenvalue weighted by atomic mass is 32.2. The Morgan fingerprint density at radius 1 is 1.44 bits per heavy atom. The molecule has 0 unspecified atom stereocenters. The van der Waals surface area contributed by atoms with Gasteiger partial charge in [0.05, 0.1) is 0 Å². The zero-order valence-corrected chi connectivity index (χ0v) is 11.6. The van der Waals surface area contributed by atoms with E-state index in [1.807, 2.05) is 25.8 Å². The van der Waals surface area contributed by atoms with Crippen molar-refractivity contribution in [1.82, 2.24) is 14.6 Å². The molecule has 1 heterocycles. The second kappa shape index (κ2) is 6.12. The summed E-state index contributed by atoms with van der Waals surface area (Å²) in [5.74, 6) is 0. The van der Waals surface area contributed by atoms with Gasteiger partial charge in [0.2, 0.25) is 15.5 Å². The number of hydrogen-bond donors (Lipinski definition) is 2. The van der Waals surface area contributed by atoms with Crippen molar-refractivity contribution in [3.05, 3.63) is 28.7 Å². The molecule has 0 spiro atoms. The molecule has 0 aliphatic heterocycles. The maximum Gasteiger partial charge on any atom is 0.245 e. The van der Waals surface area contributed by atoms with Gasteiger partial charge >= 0.3 is 0 Å². The smallest absolute Gasteiger partial charge is 0.245 e. The van der Waals surface area contributed by atoms with Crippen LogP contribution in [0, 0.1) is 0 Å². The van der Waals surface area contributed by atoms with E-state index in [1.165, 1.54) is 18.5 Å². The molecule has 0 bridgehead atoms. The molecule has 0 aromatic carbocycles. The van der Waals surface area contributed by atoms with Gasteiger partial charge in [-0.05, 0) is 20.9 Å². The molecule has 0 atom stereocenters. The van der Waals surface area contributed by atoms with Crippen LogP contribution in [0.5, 0.6) is 0 Å². The lowest BCUT2D eigenvalue weighted by atomic mass is 10.3. The Morgan fingerprint density at radius 3 is 2.67 bits per heavy atom. The quantitative estimate of drug-likeness (QED) is 0.764. The number of aromatic amines is 1. The first kappa shape index (κ1) is 14.9. The minimum Gasteiger partial charge on any atom is -0.366 e. The van der Waals surface area contributed by atoms with Crippen molar-refractivity contribution < 1.29 is 8.42 Å². The Balaban J connectivity index is 2.67. The molecule has 0 amide bonds. The van der Waals surface area contributed by atoms with Crippen LogP contribution in [0.25, 0.3) is 0 Å². The van der Waals surface area contributed by atoms with Crippen LogP contribution in [0.1, 0.15) is 13.8 Å². The summed E-state index contributed by atoms with van der Waals surface area (Å²) in [5, 5.41) is 0. The molecule has 0 aliphatic carbocycles. The highest BCUT2D eigenvalue weighted by Crippen LogP contribution is 1.99. The van der Waals surface area contributed by atoms with Crippen LogP contribution in [-0.2, 0) is 10.0 Å². The first-order chi connectivity index (χ1) is 8.34. The van der Waals surface area contributed by atoms with E-state index in [2.05, 4.69) is 9.71 Å². The second-order valence-corrected chi connectivity index (χ2v) is 6.08. The first-order valence-corrected chi connectivity index (χ1v) is 7.20. The fourth-order valence-electron chi connectivity index (χ4n) is 1.30. The standard InChI is InChI=1S/C11H19N3O3S/c1-9(2)14(3)7-6-13-18(16,17)11-8-12-5-4-10(11)15/h4-5,8-9,13H,6-7H2,1-3H3,(H,12,15). The normalized spacial score (nSPS) is 12.3. The van der Waals surface area contributed by atoms with E-state index in [1.54, 1.807) is 0 Å². The molecule has 0 saturated heterocycles. The molecule has 0 radical (unpaired) electrons. The van der Waals surface area contributed by atoms with E-state index in [4.69, 9.17) is 0 Å². The lowest BCUT2D eigenvalue weighted by Crippen LogP contribution is -2.37. The molecule has 2 N–H and O–H groups in total. The largest absolute Gasteiger partial charge is 0.366 e. The third kappa shape index (κ3) is 3.94. The van der Waals surface area contributed by atoms with Crippen molar-refractivity contribution in [3.8, 4) is 0 Å². The van der Waals surface area contributed by atoms with Gasteiger partial charge in [0.25, 0.3) is 0 Å². The van der Waals surface area contributed by atoms with Crippen LogP contribution in [0.3, 0.4) is 0 Å². The summed E-state index contributed by atoms with van der Waals surface area (Å²) >= 11 is 0. The van der Waals surface area contributed by atoms with Gasteiger partial charge in [0.1, 0.15) is 4.90 Å². The van der Waals surface area contributed by atoms with Crippen LogP contribution in [0.2, 0.25) is 0 Å². The van der Waals surface area contributed by atoms with Crippen LogP contribution in [0.4, 0.5) is 0 Å². The minimum atomic E-state index is -3.73. The van der Waals surface area contributed by atoms with Crippen LogP contribution >= 0.6 is 0 Å². The van der Waals surface area contributed by atoms with Gasteiger partial charge in [-0.3, -0.25) is 4.79 Å². The number of aromatic nitrogens is 1. The van der Waals surface area contributed by atoms with Gasteiger partial charge in [-0.25, -0.2) is 13.1 Å². The van der Waals surface area contributed by atoms with Crippen molar-refractivity contribution in [1.29, 1.82) is 0 Å². The number of rotatable bonds is 6. The first-order valence-electron chi connectivity index (χ1n) is 5.71. The van der Waals surface area contributed by atoms with E-state index in [9.17, 15) is 13.2 Å². The predicted octanol–water partition coefficient (Wildman–Crippen LogP) is -0.00660. The minimum absolute atomic E-state index is 0.253. The Bertz CT molecular complexity index is 536. The fourth-order valence-corrected chi connectivity index (χ4v) is 2.37. The summed E-state index contributed by atoms with van der Waals surface area (Å²) in [4.78, 5) is 15.8. The van der Waals surface area contributed by atoms with Gasteiger partial charge in [0, 0.05) is 37.6 Å². The monoisotopic (exact) mass is 273 g/mol. The average molecular weight is 273 g/mol. The van der Waals surface area contributed by atoms with Crippen LogP contribution in [0.15, 0.2) is 28.2 Å². The molecule has 1 rings (SSSR count). The Labute approximate surface area is 107 Å². The van der Waals surface area contributed by atoms with E-state index in [0.29, 0.717) is 12.6 Å². The van der Waals surface area contributed by atoms with Crippen molar-refractivity contribution in [2.45, 2.75) is 24.8 Å². The number of likely N-dealkylation sites (N-methyl/N-ethyl adjacent to an activating group) is 1. The topological polar surface area (TPSA) is 82.3 Å². The number of nitrogens with one attached hydrogen (secondary N) is 2. The lowest BCUT2D eigenvalue weighted by Gasteiger charge is -2.20. The van der Waals surface area contributed by atoms with Gasteiger partial charge in [0.15, 0.2) is 0 Å². The molecule has 1 aromatic heterocycles. The van der Waals surface area contributed by atoms with E-state index >= 15 is 0 Å². The zero-order chi connectivity index (χ0) is 13.8. The average Bonchev–Trinajstić information content (AvgIpc) is 2.28. The van der Waals surface area contributed by atoms with Crippen molar-refractivity contribution in [2.24, 2.45) is 0 Å². The number of nitrogens with zero attached hydrogens (tertiary/aromatic N) is 1. The van der Waals surface area contributed by atoms with Gasteiger partial charge < -0.3 is 9.88 Å². The maximum atomic E-state index is 11.9. The van der Waals surface area contributed by atoms with E-state index < -0.39 is 15.5 Å². The summed E-state index contributed by atoms with van der Waals surface area (Å²) in [6, 6.07) is 1.53. The van der Waals surface area contributed by atoms with E-state index in [-0.39, 0.29) is 11.4 Å². The Kier molecular flexibility index (Phi) is 5.06. The van der Waals surface area contributed by atoms with Gasteiger partial charge in [-0.1, -0.05) is 0 Å². The van der Waals surface area contributed by atoms with Gasteiger partial charge in [-0.15, -0.1) is 0 Å². The third-order valence-electron chi connectivity index (χ3n) is 2.72. The molecule has 0 aliphatic rings. The Morgan fingerprint density at radius 2 is 2.11 bits per heavy atom. The van der Waals surface area contributed by atoms with Crippen molar-refractivity contribution in [3.63, 3.8) is 0 Å². The molecule has 102 valence electrons. The number of hydrogen-bond acceptors (Lipinski definition) is 4.